The predicted molar refractivity (Wildman–Crippen MR) is 50.2 cm³/mol. The molecular formula is C8H10Cl2O2. The molecule has 0 aromatic rings. The fraction of sp³-hybridized carbons (Fsp3) is 0.375. The summed E-state index contributed by atoms with van der Waals surface area (Å²) in [5.74, 6) is -0.407. The molecule has 0 aliphatic carbocycles. The molecule has 0 aliphatic heterocycles. The highest BCUT2D eigenvalue weighted by Gasteiger charge is 1.98. The van der Waals surface area contributed by atoms with Gasteiger partial charge in [-0.05, 0) is 19.9 Å². The van der Waals surface area contributed by atoms with Crippen molar-refractivity contribution in [3.63, 3.8) is 0 Å². The number of hydrogen-bond donors (Lipinski definition) is 0. The molecule has 68 valence electrons. The Balaban J connectivity index is 3.84. The third-order valence-corrected chi connectivity index (χ3v) is 1.06. The van der Waals surface area contributed by atoms with E-state index in [0.29, 0.717) is 0 Å². The molecular weight excluding hydrogens is 199 g/mol. The number of rotatable bonds is 3. The summed E-state index contributed by atoms with van der Waals surface area (Å²) in [5.41, 5.74) is 0. The lowest BCUT2D eigenvalue weighted by Crippen LogP contribution is -2.08. The van der Waals surface area contributed by atoms with Gasteiger partial charge in [0.15, 0.2) is 0 Å². The smallest absolute Gasteiger partial charge is 0.330 e. The molecule has 0 aromatic carbocycles. The highest BCUT2D eigenvalue weighted by atomic mass is 35.5. The van der Waals surface area contributed by atoms with Crippen LogP contribution in [0.4, 0.5) is 0 Å². The summed E-state index contributed by atoms with van der Waals surface area (Å²) >= 11 is 10.6. The number of esters is 1. The summed E-state index contributed by atoms with van der Waals surface area (Å²) in [5, 5.41) is 0. The van der Waals surface area contributed by atoms with Crippen LogP contribution in [0.1, 0.15) is 13.8 Å². The summed E-state index contributed by atoms with van der Waals surface area (Å²) in [6.07, 6.45) is 3.97. The SMILES string of the molecule is CC(C)OC(=O)C=CC=C(Cl)Cl. The standard InChI is InChI=1S/C8H10Cl2O2/c1-6(2)12-8(11)5-3-4-7(9)10/h3-6H,1-2H3. The van der Waals surface area contributed by atoms with Gasteiger partial charge >= 0.3 is 5.97 Å². The number of allylic oxidation sites excluding steroid dienone is 2. The lowest BCUT2D eigenvalue weighted by Gasteiger charge is -2.03. The summed E-state index contributed by atoms with van der Waals surface area (Å²) < 4.78 is 4.89. The van der Waals surface area contributed by atoms with Crippen molar-refractivity contribution in [2.75, 3.05) is 0 Å². The Morgan fingerprint density at radius 3 is 2.42 bits per heavy atom. The van der Waals surface area contributed by atoms with Crippen molar-refractivity contribution in [3.8, 4) is 0 Å². The Labute approximate surface area is 81.8 Å². The van der Waals surface area contributed by atoms with Gasteiger partial charge in [0.2, 0.25) is 0 Å². The van der Waals surface area contributed by atoms with Crippen LogP contribution in [-0.4, -0.2) is 12.1 Å². The van der Waals surface area contributed by atoms with Crippen LogP contribution in [-0.2, 0) is 9.53 Å². The van der Waals surface area contributed by atoms with E-state index in [1.54, 1.807) is 13.8 Å². The Hall–Kier alpha value is -0.470. The average Bonchev–Trinajstić information content (AvgIpc) is 1.84. The van der Waals surface area contributed by atoms with Gasteiger partial charge in [-0.2, -0.15) is 0 Å². The van der Waals surface area contributed by atoms with Gasteiger partial charge in [-0.25, -0.2) is 4.79 Å². The summed E-state index contributed by atoms with van der Waals surface area (Å²) in [4.78, 5) is 10.8. The maximum atomic E-state index is 10.8. The van der Waals surface area contributed by atoms with Gasteiger partial charge < -0.3 is 4.74 Å². The van der Waals surface area contributed by atoms with Crippen molar-refractivity contribution in [1.82, 2.24) is 0 Å². The fourth-order valence-corrected chi connectivity index (χ4v) is 0.616. The quantitative estimate of drug-likeness (QED) is 0.405. The van der Waals surface area contributed by atoms with E-state index in [-0.39, 0.29) is 10.6 Å². The number of ether oxygens (including phenoxy) is 1. The van der Waals surface area contributed by atoms with Crippen LogP contribution in [0.3, 0.4) is 0 Å². The van der Waals surface area contributed by atoms with Gasteiger partial charge in [0, 0.05) is 6.08 Å². The third kappa shape index (κ3) is 7.63. The molecule has 0 unspecified atom stereocenters. The Bertz CT molecular complexity index is 203. The number of carbonyl (C=O) groups is 1. The Morgan fingerprint density at radius 1 is 1.42 bits per heavy atom. The van der Waals surface area contributed by atoms with Crippen LogP contribution in [0.25, 0.3) is 0 Å². The molecule has 0 bridgehead atoms. The summed E-state index contributed by atoms with van der Waals surface area (Å²) in [7, 11) is 0. The highest BCUT2D eigenvalue weighted by Crippen LogP contribution is 2.05. The van der Waals surface area contributed by atoms with Crippen LogP contribution in [0.5, 0.6) is 0 Å². The van der Waals surface area contributed by atoms with E-state index in [0.717, 1.165) is 0 Å². The maximum absolute atomic E-state index is 10.8. The summed E-state index contributed by atoms with van der Waals surface area (Å²) in [6, 6.07) is 0. The zero-order valence-corrected chi connectivity index (χ0v) is 8.39. The summed E-state index contributed by atoms with van der Waals surface area (Å²) in [6.45, 7) is 3.55. The topological polar surface area (TPSA) is 26.3 Å². The molecule has 0 fully saturated rings. The molecule has 4 heteroatoms. The fourth-order valence-electron chi connectivity index (χ4n) is 0.471. The first-order valence-electron chi connectivity index (χ1n) is 3.42. The molecule has 0 heterocycles. The molecule has 0 spiro atoms. The molecule has 0 saturated heterocycles. The first-order chi connectivity index (χ1) is 5.52. The van der Waals surface area contributed by atoms with E-state index in [1.165, 1.54) is 18.2 Å². The molecule has 0 aromatic heterocycles. The van der Waals surface area contributed by atoms with Crippen molar-refractivity contribution in [1.29, 1.82) is 0 Å². The van der Waals surface area contributed by atoms with E-state index in [4.69, 9.17) is 27.9 Å². The molecule has 0 atom stereocenters. The zero-order chi connectivity index (χ0) is 9.56. The third-order valence-electron chi connectivity index (χ3n) is 0.806. The molecule has 0 aliphatic rings. The molecule has 0 amide bonds. The van der Waals surface area contributed by atoms with Gasteiger partial charge in [0.25, 0.3) is 0 Å². The van der Waals surface area contributed by atoms with Crippen molar-refractivity contribution in [2.24, 2.45) is 0 Å². The Morgan fingerprint density at radius 2 is 2.00 bits per heavy atom. The monoisotopic (exact) mass is 208 g/mol. The van der Waals surface area contributed by atoms with E-state index in [9.17, 15) is 4.79 Å². The number of hydrogen-bond acceptors (Lipinski definition) is 2. The van der Waals surface area contributed by atoms with E-state index in [2.05, 4.69) is 0 Å². The lowest BCUT2D eigenvalue weighted by atomic mass is 10.4. The van der Waals surface area contributed by atoms with E-state index < -0.39 is 5.97 Å². The second-order valence-corrected chi connectivity index (χ2v) is 3.31. The van der Waals surface area contributed by atoms with E-state index >= 15 is 0 Å². The normalized spacial score (nSPS) is 10.4. The molecule has 0 saturated carbocycles. The van der Waals surface area contributed by atoms with Crippen LogP contribution in [0, 0.1) is 0 Å². The largest absolute Gasteiger partial charge is 0.460 e. The first kappa shape index (κ1) is 11.5. The van der Waals surface area contributed by atoms with Crippen LogP contribution < -0.4 is 0 Å². The maximum Gasteiger partial charge on any atom is 0.330 e. The second-order valence-electron chi connectivity index (χ2n) is 2.30. The van der Waals surface area contributed by atoms with Crippen LogP contribution >= 0.6 is 23.2 Å². The second kappa shape index (κ2) is 6.09. The Kier molecular flexibility index (Phi) is 5.85. The predicted octanol–water partition coefficient (Wildman–Crippen LogP) is 2.81. The minimum atomic E-state index is -0.407. The van der Waals surface area contributed by atoms with E-state index in [1.807, 2.05) is 0 Å². The lowest BCUT2D eigenvalue weighted by molar-refractivity contribution is -0.141. The highest BCUT2D eigenvalue weighted by molar-refractivity contribution is 6.55. The molecule has 2 nitrogen and oxygen atoms in total. The minimum Gasteiger partial charge on any atom is -0.460 e. The van der Waals surface area contributed by atoms with Gasteiger partial charge in [0.05, 0.1) is 6.10 Å². The van der Waals surface area contributed by atoms with Crippen LogP contribution in [0.15, 0.2) is 22.7 Å². The van der Waals surface area contributed by atoms with Crippen LogP contribution in [0.2, 0.25) is 0 Å². The molecule has 12 heavy (non-hydrogen) atoms. The van der Waals surface area contributed by atoms with Gasteiger partial charge in [0.1, 0.15) is 4.49 Å². The van der Waals surface area contributed by atoms with Crippen molar-refractivity contribution < 1.29 is 9.53 Å². The minimum absolute atomic E-state index is 0.101. The van der Waals surface area contributed by atoms with Crippen molar-refractivity contribution >= 4 is 29.2 Å². The average molecular weight is 209 g/mol. The molecule has 0 N–H and O–H groups in total. The number of carbonyl (C=O) groups excluding carboxylic acids is 1. The molecule has 0 radical (unpaired) electrons. The molecule has 0 rings (SSSR count). The van der Waals surface area contributed by atoms with Gasteiger partial charge in [-0.3, -0.25) is 0 Å². The number of halogens is 2. The van der Waals surface area contributed by atoms with Crippen molar-refractivity contribution in [3.05, 3.63) is 22.7 Å². The van der Waals surface area contributed by atoms with Crippen molar-refractivity contribution in [2.45, 2.75) is 20.0 Å². The van der Waals surface area contributed by atoms with Gasteiger partial charge in [-0.1, -0.05) is 29.3 Å². The first-order valence-corrected chi connectivity index (χ1v) is 4.18. The zero-order valence-electron chi connectivity index (χ0n) is 6.88. The van der Waals surface area contributed by atoms with Gasteiger partial charge in [-0.15, -0.1) is 0 Å².